The summed E-state index contributed by atoms with van der Waals surface area (Å²) in [4.78, 5) is 24.1. The Morgan fingerprint density at radius 2 is 0.671 bits per heavy atom. The van der Waals surface area contributed by atoms with Crippen LogP contribution in [0, 0.1) is 0 Å². The summed E-state index contributed by atoms with van der Waals surface area (Å²) in [6, 6.07) is -0.606. The Hall–Kier alpha value is -2.08. The van der Waals surface area contributed by atoms with Crippen molar-refractivity contribution in [1.29, 1.82) is 0 Å². The minimum atomic E-state index is -0.775. The maximum Gasteiger partial charge on any atom is 0.0841 e. The quantitative estimate of drug-likeness (QED) is 0.0544. The molecule has 2 aliphatic heterocycles. The van der Waals surface area contributed by atoms with Gasteiger partial charge in [0.1, 0.15) is 0 Å². The lowest BCUT2D eigenvalue weighted by molar-refractivity contribution is -0.0527. The topological polar surface area (TPSA) is 207 Å². The molecule has 3 unspecified atom stereocenters. The van der Waals surface area contributed by atoms with E-state index in [1.54, 1.807) is 0 Å². The molecule has 504 valence electrons. The Labute approximate surface area is 516 Å². The third kappa shape index (κ3) is 40.3. The van der Waals surface area contributed by atoms with Crippen LogP contribution in [0.25, 0.3) is 0 Å². The van der Waals surface area contributed by atoms with Gasteiger partial charge >= 0.3 is 0 Å². The van der Waals surface area contributed by atoms with Crippen LogP contribution in [0.3, 0.4) is 0 Å². The summed E-state index contributed by atoms with van der Waals surface area (Å²) >= 11 is 0. The fourth-order valence-electron chi connectivity index (χ4n) is 10.6. The molecule has 0 bridgehead atoms. The summed E-state index contributed by atoms with van der Waals surface area (Å²) in [5.74, 6) is 0. The molecule has 0 spiro atoms. The fourth-order valence-corrected chi connectivity index (χ4v) is 10.6. The second-order valence-corrected chi connectivity index (χ2v) is 22.3. The van der Waals surface area contributed by atoms with Crippen LogP contribution < -0.4 is 0 Å². The monoisotopic (exact) mass is 1220 g/mol. The maximum atomic E-state index is 12.5. The molecule has 85 heavy (non-hydrogen) atoms. The molecule has 0 radical (unpaired) electrons. The molecule has 0 aromatic rings. The molecule has 3 atom stereocenters. The minimum Gasteiger partial charge on any atom is -0.394 e. The fraction of sp³-hybridized carbons (Fsp3) is 0.935. The van der Waals surface area contributed by atoms with Gasteiger partial charge in [0.15, 0.2) is 0 Å². The zero-order valence-corrected chi connectivity index (χ0v) is 54.8. The SMILES string of the molecule is CCCN1/C=C\N(CC)CCN(CC(O)CN(CCN(CC(O)CN2/C=C\N(CC)CCN(CCC)CCN(CCC)CC2)C(COCCOCCO)COCCOCCO)C(COCCOCC)COCCOCCO)CCN(CCC)CC1. The highest BCUT2D eigenvalue weighted by Gasteiger charge is 2.29. The summed E-state index contributed by atoms with van der Waals surface area (Å²) in [6.07, 6.45) is 11.7. The van der Waals surface area contributed by atoms with E-state index < -0.39 is 12.2 Å². The summed E-state index contributed by atoms with van der Waals surface area (Å²) in [6.45, 7) is 39.6. The summed E-state index contributed by atoms with van der Waals surface area (Å²) in [7, 11) is 0. The third-order valence-corrected chi connectivity index (χ3v) is 15.3. The van der Waals surface area contributed by atoms with Crippen molar-refractivity contribution >= 4 is 0 Å². The number of rotatable bonds is 50. The van der Waals surface area contributed by atoms with Gasteiger partial charge in [-0.15, -0.1) is 0 Å². The lowest BCUT2D eigenvalue weighted by Gasteiger charge is -2.39. The van der Waals surface area contributed by atoms with Crippen molar-refractivity contribution in [3.8, 4) is 0 Å². The number of β-amino-alcohol motifs (C(OH)–C–C–N with tert-alkyl or cyclic N) is 2. The Bertz CT molecular complexity index is 1510. The Morgan fingerprint density at radius 1 is 0.353 bits per heavy atom. The lowest BCUT2D eigenvalue weighted by Crippen LogP contribution is -2.54. The number of nitrogens with zero attached hydrogens (tertiary/aromatic N) is 10. The van der Waals surface area contributed by atoms with Crippen molar-refractivity contribution in [1.82, 2.24) is 49.0 Å². The van der Waals surface area contributed by atoms with Crippen LogP contribution in [-0.2, 0) is 37.9 Å². The van der Waals surface area contributed by atoms with E-state index >= 15 is 0 Å². The van der Waals surface area contributed by atoms with E-state index in [2.05, 4.69) is 115 Å². The highest BCUT2D eigenvalue weighted by molar-refractivity contribution is 4.89. The molecule has 0 aromatic heterocycles. The van der Waals surface area contributed by atoms with Gasteiger partial charge in [0.25, 0.3) is 0 Å². The number of ether oxygens (including phenoxy) is 8. The molecular weight excluding hydrogens is 1090 g/mol. The average Bonchev–Trinajstić information content (AvgIpc) is 3.57. The van der Waals surface area contributed by atoms with Gasteiger partial charge in [0.2, 0.25) is 0 Å². The van der Waals surface area contributed by atoms with Crippen molar-refractivity contribution in [2.75, 3.05) is 283 Å². The molecule has 0 fully saturated rings. The highest BCUT2D eigenvalue weighted by Crippen LogP contribution is 2.13. The van der Waals surface area contributed by atoms with Gasteiger partial charge in [0.05, 0.1) is 143 Å². The smallest absolute Gasteiger partial charge is 0.0841 e. The van der Waals surface area contributed by atoms with Crippen molar-refractivity contribution in [3.63, 3.8) is 0 Å². The van der Waals surface area contributed by atoms with Crippen LogP contribution in [0.5, 0.6) is 0 Å². The predicted octanol–water partition coefficient (Wildman–Crippen LogP) is 1.24. The zero-order chi connectivity index (χ0) is 61.8. The van der Waals surface area contributed by atoms with E-state index in [-0.39, 0.29) is 64.9 Å². The molecule has 0 aliphatic carbocycles. The van der Waals surface area contributed by atoms with E-state index in [0.717, 1.165) is 143 Å². The van der Waals surface area contributed by atoms with Crippen molar-refractivity contribution in [2.24, 2.45) is 0 Å². The molecule has 0 saturated heterocycles. The first-order valence-corrected chi connectivity index (χ1v) is 33.1. The van der Waals surface area contributed by atoms with Crippen LogP contribution >= 0.6 is 0 Å². The van der Waals surface area contributed by atoms with Crippen molar-refractivity contribution in [2.45, 2.75) is 98.4 Å². The molecule has 5 N–H and O–H groups in total. The molecule has 0 aromatic carbocycles. The molecule has 2 heterocycles. The Kier molecular flexibility index (Phi) is 51.0. The summed E-state index contributed by atoms with van der Waals surface area (Å²) < 4.78 is 47.8. The largest absolute Gasteiger partial charge is 0.394 e. The van der Waals surface area contributed by atoms with Gasteiger partial charge in [-0.05, 0) is 66.1 Å². The zero-order valence-electron chi connectivity index (χ0n) is 54.8. The van der Waals surface area contributed by atoms with E-state index in [4.69, 9.17) is 37.9 Å². The Balaban J connectivity index is 2.68. The molecule has 2 aliphatic rings. The van der Waals surface area contributed by atoms with Crippen molar-refractivity contribution < 1.29 is 63.4 Å². The van der Waals surface area contributed by atoms with Crippen LogP contribution in [0.15, 0.2) is 24.8 Å². The predicted molar refractivity (Wildman–Crippen MR) is 339 cm³/mol. The van der Waals surface area contributed by atoms with Gasteiger partial charge in [-0.1, -0.05) is 27.7 Å². The first-order chi connectivity index (χ1) is 41.6. The highest BCUT2D eigenvalue weighted by atomic mass is 16.5. The average molecular weight is 1220 g/mol. The van der Waals surface area contributed by atoms with E-state index in [0.29, 0.717) is 112 Å². The standard InChI is InChI=1S/C62H128N10O13/c1-8-15-65-23-19-63(12-5)21-31-69(33-29-67(17-10-3)27-25-65)51-61(76)53-71(59(55-82-47-43-78-14-7)56-83-48-44-79-40-37-73)35-36-72(60(57-84-49-45-80-41-38-74)58-85-50-46-81-42-39-75)54-62(77)52-70-32-22-64(13-6)20-24-66(16-9-2)26-28-68(18-11-4)30-34-70/h19,22-23,32,59-62,73-77H,8-18,20-21,24-31,33-58H2,1-7H3/b23-19-,32-22-. The van der Waals surface area contributed by atoms with E-state index in [1.165, 1.54) is 0 Å². The van der Waals surface area contributed by atoms with Gasteiger partial charge in [-0.3, -0.25) is 14.7 Å². The lowest BCUT2D eigenvalue weighted by atomic mass is 10.1. The van der Waals surface area contributed by atoms with Gasteiger partial charge in [0, 0.05) is 169 Å². The first kappa shape index (κ1) is 79.0. The number of likely N-dealkylation sites (N-methyl/N-ethyl adjacent to an activating group) is 2. The minimum absolute atomic E-state index is 0.0699. The molecule has 0 amide bonds. The normalized spacial score (nSPS) is 18.5. The van der Waals surface area contributed by atoms with Gasteiger partial charge < -0.3 is 97.7 Å². The van der Waals surface area contributed by atoms with Crippen LogP contribution in [0.4, 0.5) is 0 Å². The maximum absolute atomic E-state index is 12.5. The van der Waals surface area contributed by atoms with Gasteiger partial charge in [-0.2, -0.15) is 0 Å². The molecule has 23 heteroatoms. The molecule has 0 saturated carbocycles. The van der Waals surface area contributed by atoms with E-state index in [9.17, 15) is 25.5 Å². The van der Waals surface area contributed by atoms with Crippen LogP contribution in [-0.4, -0.2) is 381 Å². The number of hydrogen-bond donors (Lipinski definition) is 5. The second kappa shape index (κ2) is 54.8. The van der Waals surface area contributed by atoms with Crippen LogP contribution in [0.1, 0.15) is 74.1 Å². The molecule has 2 rings (SSSR count). The van der Waals surface area contributed by atoms with Crippen molar-refractivity contribution in [3.05, 3.63) is 24.8 Å². The summed E-state index contributed by atoms with van der Waals surface area (Å²) in [5, 5.41) is 53.2. The van der Waals surface area contributed by atoms with E-state index in [1.807, 2.05) is 6.92 Å². The number of aliphatic hydroxyl groups excluding tert-OH is 5. The summed E-state index contributed by atoms with van der Waals surface area (Å²) in [5.41, 5.74) is 0. The number of hydrogen-bond acceptors (Lipinski definition) is 23. The Morgan fingerprint density at radius 3 is 1.06 bits per heavy atom. The first-order valence-electron chi connectivity index (χ1n) is 33.1. The van der Waals surface area contributed by atoms with Gasteiger partial charge in [-0.25, -0.2) is 0 Å². The second-order valence-electron chi connectivity index (χ2n) is 22.3. The molecular formula is C62H128N10O13. The third-order valence-electron chi connectivity index (χ3n) is 15.3. The molecule has 23 nitrogen and oxygen atoms in total. The number of aliphatic hydroxyl groups is 5. The van der Waals surface area contributed by atoms with Crippen LogP contribution in [0.2, 0.25) is 0 Å².